The molecule has 0 aliphatic heterocycles. The molecular weight excluding hydrogens is 202 g/mol. The molecule has 3 nitrogen and oxygen atoms in total. The lowest BCUT2D eigenvalue weighted by molar-refractivity contribution is 0.0991. The number of nitrogens with two attached hydrogens (primary N) is 1. The molecule has 1 amide bonds. The van der Waals surface area contributed by atoms with Crippen molar-refractivity contribution < 1.29 is 13.6 Å². The molecule has 0 unspecified atom stereocenters. The van der Waals surface area contributed by atoms with E-state index >= 15 is 0 Å². The normalized spacial score (nSPS) is 10.5. The predicted octanol–water partition coefficient (Wildman–Crippen LogP) is 1.61. The zero-order valence-corrected chi connectivity index (χ0v) is 7.50. The number of aromatic nitrogens is 1. The summed E-state index contributed by atoms with van der Waals surface area (Å²) in [5.74, 6) is -3.31. The Labute approximate surface area is 83.5 Å². The average Bonchev–Trinajstić information content (AvgIpc) is 2.17. The number of fused-ring (bicyclic) bond motifs is 1. The van der Waals surface area contributed by atoms with Crippen LogP contribution in [0.4, 0.5) is 8.78 Å². The summed E-state index contributed by atoms with van der Waals surface area (Å²) in [6.45, 7) is 0. The summed E-state index contributed by atoms with van der Waals surface area (Å²) < 4.78 is 26.8. The third-order valence-corrected chi connectivity index (χ3v) is 2.03. The lowest BCUT2D eigenvalue weighted by Crippen LogP contribution is -2.16. The Morgan fingerprint density at radius 1 is 1.27 bits per heavy atom. The van der Waals surface area contributed by atoms with E-state index in [1.807, 2.05) is 0 Å². The van der Waals surface area contributed by atoms with Crippen molar-refractivity contribution in [1.82, 2.24) is 4.98 Å². The van der Waals surface area contributed by atoms with Gasteiger partial charge in [0.15, 0.2) is 0 Å². The van der Waals surface area contributed by atoms with Crippen molar-refractivity contribution >= 4 is 16.8 Å². The molecule has 76 valence electrons. The van der Waals surface area contributed by atoms with E-state index in [2.05, 4.69) is 4.98 Å². The minimum absolute atomic E-state index is 0.0766. The van der Waals surface area contributed by atoms with E-state index < -0.39 is 23.2 Å². The van der Waals surface area contributed by atoms with Crippen LogP contribution in [0.1, 0.15) is 10.4 Å². The van der Waals surface area contributed by atoms with Gasteiger partial charge in [-0.1, -0.05) is 12.1 Å². The topological polar surface area (TPSA) is 56.0 Å². The lowest BCUT2D eigenvalue weighted by atomic mass is 10.1. The van der Waals surface area contributed by atoms with Gasteiger partial charge in [0.1, 0.15) is 11.4 Å². The summed E-state index contributed by atoms with van der Waals surface area (Å²) in [5, 5.41) is 0.0766. The summed E-state index contributed by atoms with van der Waals surface area (Å²) in [6, 6.07) is 6.02. The van der Waals surface area contributed by atoms with Gasteiger partial charge in [0.25, 0.3) is 5.91 Å². The molecule has 0 saturated carbocycles. The van der Waals surface area contributed by atoms with Crippen LogP contribution in [0.3, 0.4) is 0 Å². The van der Waals surface area contributed by atoms with E-state index in [1.165, 1.54) is 12.1 Å². The first-order valence-electron chi connectivity index (χ1n) is 4.15. The smallest absolute Gasteiger partial charge is 0.256 e. The predicted molar refractivity (Wildman–Crippen MR) is 50.2 cm³/mol. The number of hydrogen-bond donors (Lipinski definition) is 1. The zero-order valence-electron chi connectivity index (χ0n) is 7.50. The third kappa shape index (κ3) is 1.41. The fraction of sp³-hybridized carbons (Fsp3) is 0. The summed E-state index contributed by atoms with van der Waals surface area (Å²) >= 11 is 0. The van der Waals surface area contributed by atoms with Gasteiger partial charge in [0, 0.05) is 5.39 Å². The number of rotatable bonds is 1. The molecule has 0 aliphatic rings. The van der Waals surface area contributed by atoms with Gasteiger partial charge in [-0.25, -0.2) is 9.37 Å². The minimum atomic E-state index is -1.18. The number of pyridine rings is 1. The molecule has 5 heteroatoms. The van der Waals surface area contributed by atoms with Crippen LogP contribution in [-0.2, 0) is 0 Å². The molecule has 0 radical (unpaired) electrons. The van der Waals surface area contributed by atoms with Crippen molar-refractivity contribution in [3.8, 4) is 0 Å². The highest BCUT2D eigenvalue weighted by molar-refractivity contribution is 5.97. The molecule has 1 heterocycles. The van der Waals surface area contributed by atoms with Gasteiger partial charge >= 0.3 is 0 Å². The highest BCUT2D eigenvalue weighted by Gasteiger charge is 2.18. The van der Waals surface area contributed by atoms with Gasteiger partial charge in [-0.2, -0.15) is 4.39 Å². The van der Waals surface area contributed by atoms with Crippen LogP contribution < -0.4 is 5.73 Å². The van der Waals surface area contributed by atoms with Gasteiger partial charge in [-0.05, 0) is 12.1 Å². The second-order valence-electron chi connectivity index (χ2n) is 2.97. The highest BCUT2D eigenvalue weighted by atomic mass is 19.1. The Morgan fingerprint density at radius 2 is 1.93 bits per heavy atom. The largest absolute Gasteiger partial charge is 0.365 e. The molecule has 2 aromatic rings. The van der Waals surface area contributed by atoms with Crippen molar-refractivity contribution in [2.45, 2.75) is 0 Å². The Hall–Kier alpha value is -2.04. The molecule has 0 aliphatic carbocycles. The van der Waals surface area contributed by atoms with Crippen LogP contribution in [0.2, 0.25) is 0 Å². The van der Waals surface area contributed by atoms with E-state index in [0.29, 0.717) is 0 Å². The van der Waals surface area contributed by atoms with Crippen LogP contribution in [0.25, 0.3) is 10.9 Å². The Kier molecular flexibility index (Phi) is 2.07. The molecule has 0 bridgehead atoms. The quantitative estimate of drug-likeness (QED) is 0.724. The van der Waals surface area contributed by atoms with Crippen LogP contribution in [0.5, 0.6) is 0 Å². The fourth-order valence-electron chi connectivity index (χ4n) is 1.35. The minimum Gasteiger partial charge on any atom is -0.365 e. The molecular formula is C10H6F2N2O. The molecule has 1 aromatic heterocycles. The van der Waals surface area contributed by atoms with E-state index in [1.54, 1.807) is 12.1 Å². The number of nitrogens with zero attached hydrogens (tertiary/aromatic N) is 1. The van der Waals surface area contributed by atoms with Crippen LogP contribution >= 0.6 is 0 Å². The van der Waals surface area contributed by atoms with E-state index in [-0.39, 0.29) is 10.9 Å². The number of carbonyl (C=O) groups excluding carboxylic acids is 1. The van der Waals surface area contributed by atoms with E-state index in [4.69, 9.17) is 5.73 Å². The van der Waals surface area contributed by atoms with Crippen molar-refractivity contribution in [3.05, 3.63) is 41.6 Å². The fourth-order valence-corrected chi connectivity index (χ4v) is 1.35. The molecule has 0 atom stereocenters. The lowest BCUT2D eigenvalue weighted by Gasteiger charge is -2.03. The van der Waals surface area contributed by atoms with Crippen molar-refractivity contribution in [2.24, 2.45) is 5.73 Å². The molecule has 0 saturated heterocycles. The van der Waals surface area contributed by atoms with E-state index in [9.17, 15) is 13.6 Å². The Bertz CT molecular complexity index is 554. The van der Waals surface area contributed by atoms with Gasteiger partial charge in [0.05, 0.1) is 5.52 Å². The van der Waals surface area contributed by atoms with Gasteiger partial charge in [-0.15, -0.1) is 0 Å². The summed E-state index contributed by atoms with van der Waals surface area (Å²) in [5.41, 5.74) is 4.20. The first-order chi connectivity index (χ1) is 7.11. The van der Waals surface area contributed by atoms with Gasteiger partial charge < -0.3 is 5.73 Å². The highest BCUT2D eigenvalue weighted by Crippen LogP contribution is 2.20. The summed E-state index contributed by atoms with van der Waals surface area (Å²) in [6.07, 6.45) is 0. The number of benzene rings is 1. The van der Waals surface area contributed by atoms with Gasteiger partial charge in [0.2, 0.25) is 5.95 Å². The SMILES string of the molecule is NC(=O)c1c(F)nc2ccccc2c1F. The zero-order chi connectivity index (χ0) is 11.0. The summed E-state index contributed by atoms with van der Waals surface area (Å²) in [7, 11) is 0. The summed E-state index contributed by atoms with van der Waals surface area (Å²) in [4.78, 5) is 14.2. The number of hydrogen-bond acceptors (Lipinski definition) is 2. The first-order valence-corrected chi connectivity index (χ1v) is 4.15. The van der Waals surface area contributed by atoms with E-state index in [0.717, 1.165) is 0 Å². The number of halogens is 2. The second-order valence-corrected chi connectivity index (χ2v) is 2.97. The average molecular weight is 208 g/mol. The van der Waals surface area contributed by atoms with Gasteiger partial charge in [-0.3, -0.25) is 4.79 Å². The standard InChI is InChI=1S/C10H6F2N2O/c11-8-5-3-1-2-4-6(5)14-9(12)7(8)10(13)15/h1-4H,(H2,13,15). The van der Waals surface area contributed by atoms with Crippen molar-refractivity contribution in [1.29, 1.82) is 0 Å². The molecule has 15 heavy (non-hydrogen) atoms. The number of amides is 1. The Balaban J connectivity index is 2.90. The monoisotopic (exact) mass is 208 g/mol. The number of para-hydroxylation sites is 1. The number of carbonyl (C=O) groups is 1. The van der Waals surface area contributed by atoms with Crippen molar-refractivity contribution in [3.63, 3.8) is 0 Å². The van der Waals surface area contributed by atoms with Crippen LogP contribution in [0.15, 0.2) is 24.3 Å². The van der Waals surface area contributed by atoms with Crippen LogP contribution in [-0.4, -0.2) is 10.9 Å². The molecule has 2 rings (SSSR count). The number of primary amides is 1. The maximum absolute atomic E-state index is 13.6. The molecule has 0 spiro atoms. The molecule has 1 aromatic carbocycles. The molecule has 2 N–H and O–H groups in total. The van der Waals surface area contributed by atoms with Crippen molar-refractivity contribution in [2.75, 3.05) is 0 Å². The van der Waals surface area contributed by atoms with Crippen LogP contribution in [0, 0.1) is 11.8 Å². The Morgan fingerprint density at radius 3 is 2.60 bits per heavy atom. The maximum atomic E-state index is 13.6. The molecule has 0 fully saturated rings. The first kappa shape index (κ1) is 9.51. The second kappa shape index (κ2) is 3.27. The third-order valence-electron chi connectivity index (χ3n) is 2.03. The maximum Gasteiger partial charge on any atom is 0.256 e.